The summed E-state index contributed by atoms with van der Waals surface area (Å²) in [6, 6.07) is 34.5. The standard InChI is InChI=1S/C24H28Si2/c1-25(2,3)20-13-21-26(22-14-7-4-8-15-22,23-16-9-5-10-17-23)24-18-11-6-12-19-24/h4-19,21H,20H2,1-3H3/b21-13+. The molecule has 0 aliphatic heterocycles. The molecule has 2 heteroatoms. The van der Waals surface area contributed by atoms with E-state index < -0.39 is 16.1 Å². The summed E-state index contributed by atoms with van der Waals surface area (Å²) in [4.78, 5) is 0. The molecule has 0 bridgehead atoms. The van der Waals surface area contributed by atoms with Crippen LogP contribution in [0.4, 0.5) is 0 Å². The van der Waals surface area contributed by atoms with Crippen molar-refractivity contribution >= 4 is 31.7 Å². The van der Waals surface area contributed by atoms with Crippen molar-refractivity contribution in [2.24, 2.45) is 0 Å². The molecule has 3 aromatic carbocycles. The highest BCUT2D eigenvalue weighted by Gasteiger charge is 2.36. The van der Waals surface area contributed by atoms with Gasteiger partial charge in [0.2, 0.25) is 0 Å². The van der Waals surface area contributed by atoms with Crippen LogP contribution in [0.5, 0.6) is 0 Å². The van der Waals surface area contributed by atoms with Crippen molar-refractivity contribution in [1.29, 1.82) is 0 Å². The van der Waals surface area contributed by atoms with Gasteiger partial charge >= 0.3 is 0 Å². The van der Waals surface area contributed by atoms with Crippen LogP contribution in [0.15, 0.2) is 103 Å². The highest BCUT2D eigenvalue weighted by molar-refractivity contribution is 7.14. The highest BCUT2D eigenvalue weighted by Crippen LogP contribution is 2.14. The Balaban J connectivity index is 2.25. The summed E-state index contributed by atoms with van der Waals surface area (Å²) in [5, 5.41) is 4.35. The molecule has 0 amide bonds. The zero-order chi connectivity index (χ0) is 18.5. The van der Waals surface area contributed by atoms with Gasteiger partial charge in [0.1, 0.15) is 0 Å². The first-order valence-corrected chi connectivity index (χ1v) is 15.2. The quantitative estimate of drug-likeness (QED) is 0.438. The van der Waals surface area contributed by atoms with Crippen molar-refractivity contribution in [2.75, 3.05) is 0 Å². The summed E-state index contributed by atoms with van der Waals surface area (Å²) in [5.41, 5.74) is 2.57. The molecule has 0 radical (unpaired) electrons. The summed E-state index contributed by atoms with van der Waals surface area (Å²) in [6.07, 6.45) is 2.48. The van der Waals surface area contributed by atoms with Crippen molar-refractivity contribution in [3.8, 4) is 0 Å². The van der Waals surface area contributed by atoms with Gasteiger partial charge in [0.15, 0.2) is 8.07 Å². The van der Waals surface area contributed by atoms with Crippen molar-refractivity contribution in [1.82, 2.24) is 0 Å². The SMILES string of the molecule is C[Si](C)(C)C/C=C/[Si](c1ccccc1)(c1ccccc1)c1ccccc1. The third kappa shape index (κ3) is 4.14. The van der Waals surface area contributed by atoms with E-state index in [1.54, 1.807) is 0 Å². The van der Waals surface area contributed by atoms with Crippen molar-refractivity contribution in [3.63, 3.8) is 0 Å². The first kappa shape index (κ1) is 18.6. The van der Waals surface area contributed by atoms with Gasteiger partial charge in [-0.2, -0.15) is 0 Å². The largest absolute Gasteiger partial charge is 0.172 e. The molecule has 0 spiro atoms. The summed E-state index contributed by atoms with van der Waals surface area (Å²) < 4.78 is 0. The van der Waals surface area contributed by atoms with Gasteiger partial charge in [-0.3, -0.25) is 0 Å². The molecule has 3 rings (SSSR count). The molecular formula is C24H28Si2. The monoisotopic (exact) mass is 372 g/mol. The summed E-state index contributed by atoms with van der Waals surface area (Å²) in [7, 11) is -3.31. The molecular weight excluding hydrogens is 344 g/mol. The molecule has 0 saturated carbocycles. The van der Waals surface area contributed by atoms with E-state index in [-0.39, 0.29) is 0 Å². The molecule has 0 saturated heterocycles. The Morgan fingerprint density at radius 1 is 0.577 bits per heavy atom. The minimum atomic E-state index is -2.18. The van der Waals surface area contributed by atoms with E-state index in [1.165, 1.54) is 21.6 Å². The maximum atomic E-state index is 2.57. The Hall–Kier alpha value is -2.17. The predicted octanol–water partition coefficient (Wildman–Crippen LogP) is 4.59. The number of hydrogen-bond donors (Lipinski definition) is 0. The molecule has 0 nitrogen and oxygen atoms in total. The molecule has 0 aliphatic carbocycles. The second kappa shape index (κ2) is 8.02. The fourth-order valence-corrected chi connectivity index (χ4v) is 8.75. The van der Waals surface area contributed by atoms with E-state index in [2.05, 4.69) is 122 Å². The van der Waals surface area contributed by atoms with Gasteiger partial charge in [0, 0.05) is 8.07 Å². The Bertz CT molecular complexity index is 735. The van der Waals surface area contributed by atoms with Crippen LogP contribution in [0.2, 0.25) is 25.7 Å². The number of rotatable bonds is 6. The van der Waals surface area contributed by atoms with Crippen LogP contribution in [0.3, 0.4) is 0 Å². The third-order valence-corrected chi connectivity index (χ3v) is 10.7. The van der Waals surface area contributed by atoms with Gasteiger partial charge in [0.25, 0.3) is 0 Å². The topological polar surface area (TPSA) is 0 Å². The normalized spacial score (nSPS) is 12.4. The molecule has 3 aromatic rings. The van der Waals surface area contributed by atoms with Gasteiger partial charge in [-0.25, -0.2) is 0 Å². The van der Waals surface area contributed by atoms with E-state index in [0.717, 1.165) is 0 Å². The smallest absolute Gasteiger partial charge is 0.0941 e. The zero-order valence-electron chi connectivity index (χ0n) is 16.0. The van der Waals surface area contributed by atoms with E-state index >= 15 is 0 Å². The maximum Gasteiger partial charge on any atom is 0.172 e. The summed E-state index contributed by atoms with van der Waals surface area (Å²) >= 11 is 0. The fourth-order valence-electron chi connectivity index (χ4n) is 3.48. The number of benzene rings is 3. The van der Waals surface area contributed by atoms with Gasteiger partial charge < -0.3 is 0 Å². The lowest BCUT2D eigenvalue weighted by molar-refractivity contribution is 1.51. The number of allylic oxidation sites excluding steroid dienone is 1. The third-order valence-electron chi connectivity index (χ3n) is 4.79. The summed E-state index contributed by atoms with van der Waals surface area (Å²) in [6.45, 7) is 7.32. The van der Waals surface area contributed by atoms with Crippen LogP contribution in [-0.2, 0) is 0 Å². The lowest BCUT2D eigenvalue weighted by atomic mass is 10.3. The summed E-state index contributed by atoms with van der Waals surface area (Å²) in [5.74, 6) is 0. The van der Waals surface area contributed by atoms with Crippen LogP contribution in [0.25, 0.3) is 0 Å². The molecule has 0 N–H and O–H groups in total. The average Bonchev–Trinajstić information content (AvgIpc) is 2.67. The van der Waals surface area contributed by atoms with Crippen LogP contribution in [0, 0.1) is 0 Å². The molecule has 0 heterocycles. The lowest BCUT2D eigenvalue weighted by Gasteiger charge is -2.31. The zero-order valence-corrected chi connectivity index (χ0v) is 18.0. The molecule has 0 fully saturated rings. The van der Waals surface area contributed by atoms with E-state index in [1.807, 2.05) is 0 Å². The maximum absolute atomic E-state index is 2.57. The first-order valence-electron chi connectivity index (χ1n) is 9.37. The Labute approximate surface area is 160 Å². The highest BCUT2D eigenvalue weighted by atomic mass is 28.3. The Morgan fingerprint density at radius 2 is 0.923 bits per heavy atom. The molecule has 0 unspecified atom stereocenters. The van der Waals surface area contributed by atoms with Crippen LogP contribution >= 0.6 is 0 Å². The number of hydrogen-bond acceptors (Lipinski definition) is 0. The van der Waals surface area contributed by atoms with Crippen molar-refractivity contribution < 1.29 is 0 Å². The van der Waals surface area contributed by atoms with Crippen LogP contribution in [0.1, 0.15) is 0 Å². The van der Waals surface area contributed by atoms with Crippen LogP contribution < -0.4 is 15.6 Å². The van der Waals surface area contributed by atoms with Gasteiger partial charge in [-0.05, 0) is 21.6 Å². The van der Waals surface area contributed by atoms with E-state index in [0.29, 0.717) is 0 Å². The minimum Gasteiger partial charge on any atom is -0.0941 e. The molecule has 132 valence electrons. The lowest BCUT2D eigenvalue weighted by Crippen LogP contribution is -2.66. The second-order valence-electron chi connectivity index (χ2n) is 8.07. The van der Waals surface area contributed by atoms with Crippen molar-refractivity contribution in [3.05, 3.63) is 103 Å². The minimum absolute atomic E-state index is 1.12. The van der Waals surface area contributed by atoms with E-state index in [4.69, 9.17) is 0 Å². The first-order chi connectivity index (χ1) is 12.5. The Morgan fingerprint density at radius 3 is 1.23 bits per heavy atom. The van der Waals surface area contributed by atoms with Crippen molar-refractivity contribution in [2.45, 2.75) is 25.7 Å². The fraction of sp³-hybridized carbons (Fsp3) is 0.167. The predicted molar refractivity (Wildman–Crippen MR) is 121 cm³/mol. The average molecular weight is 373 g/mol. The van der Waals surface area contributed by atoms with Gasteiger partial charge in [-0.15, -0.1) is 0 Å². The molecule has 0 aliphatic rings. The molecule has 26 heavy (non-hydrogen) atoms. The van der Waals surface area contributed by atoms with Gasteiger partial charge in [-0.1, -0.05) is 122 Å². The second-order valence-corrected chi connectivity index (χ2v) is 17.3. The molecule has 0 atom stereocenters. The van der Waals surface area contributed by atoms with Crippen LogP contribution in [-0.4, -0.2) is 16.1 Å². The van der Waals surface area contributed by atoms with Gasteiger partial charge in [0.05, 0.1) is 0 Å². The molecule has 0 aromatic heterocycles. The Kier molecular flexibility index (Phi) is 5.75. The van der Waals surface area contributed by atoms with E-state index in [9.17, 15) is 0 Å².